The van der Waals surface area contributed by atoms with Crippen LogP contribution in [0.25, 0.3) is 0 Å². The molecule has 3 heteroatoms. The van der Waals surface area contributed by atoms with E-state index >= 15 is 0 Å². The van der Waals surface area contributed by atoms with Gasteiger partial charge >= 0.3 is 41.4 Å². The number of hydrogen-bond donors (Lipinski definition) is 0. The molecule has 0 aliphatic rings. The van der Waals surface area contributed by atoms with Crippen LogP contribution >= 0.6 is 11.6 Å². The Bertz CT molecular complexity index is 51.6. The molecule has 0 aliphatic carbocycles. The molecule has 1 nitrogen and oxygen atoms in total. The zero-order chi connectivity index (χ0) is 4.12. The van der Waals surface area contributed by atoms with Crippen molar-refractivity contribution in [3.63, 3.8) is 0 Å². The Morgan fingerprint density at radius 3 is 2.40 bits per heavy atom. The molecule has 0 bridgehead atoms. The maximum atomic E-state index is 9.45. The van der Waals surface area contributed by atoms with E-state index in [0.29, 0.717) is 0 Å². The van der Waals surface area contributed by atoms with Crippen LogP contribution in [-0.4, -0.2) is 15.7 Å². The normalized spacial score (nSPS) is 10.6. The van der Waals surface area contributed by atoms with Crippen molar-refractivity contribution in [2.75, 3.05) is 0 Å². The Hall–Kier alpha value is 0.388. The number of halogens is 1. The molecule has 0 rings (SSSR count). The van der Waals surface area contributed by atoms with Crippen LogP contribution in [0.3, 0.4) is 0 Å². The summed E-state index contributed by atoms with van der Waals surface area (Å²) in [5.41, 5.74) is 1.26. The molecule has 0 aliphatic heterocycles. The van der Waals surface area contributed by atoms with Gasteiger partial charge < -0.3 is 0 Å². The van der Waals surface area contributed by atoms with Gasteiger partial charge in [0.2, 0.25) is 0 Å². The van der Waals surface area contributed by atoms with Gasteiger partial charge in [-0.15, -0.1) is 0 Å². The third-order valence-corrected chi connectivity index (χ3v) is 1.19. The summed E-state index contributed by atoms with van der Waals surface area (Å²) < 4.78 is 9.45. The second-order valence-electron chi connectivity index (χ2n) is 0.380. The van der Waals surface area contributed by atoms with Crippen LogP contribution in [0, 0.1) is 0 Å². The van der Waals surface area contributed by atoms with Crippen molar-refractivity contribution in [2.45, 2.75) is 0 Å². The molecule has 0 atom stereocenters. The molecular formula is C2H2AsClO. The fourth-order valence-corrected chi connectivity index (χ4v) is 0.359. The van der Waals surface area contributed by atoms with E-state index in [-0.39, 0.29) is 0 Å². The topological polar surface area (TPSA) is 17.1 Å². The Kier molecular flexibility index (Phi) is 4.73. The molecule has 0 saturated carbocycles. The molecule has 0 aromatic carbocycles. The molecule has 0 aromatic rings. The Morgan fingerprint density at radius 2 is 2.40 bits per heavy atom. The van der Waals surface area contributed by atoms with Gasteiger partial charge in [0, 0.05) is 0 Å². The molecule has 0 amide bonds. The number of hydrogen-bond acceptors (Lipinski definition) is 1. The van der Waals surface area contributed by atoms with Gasteiger partial charge in [-0.25, -0.2) is 0 Å². The van der Waals surface area contributed by atoms with Crippen molar-refractivity contribution in [3.8, 4) is 0 Å². The third kappa shape index (κ3) is 4.39. The summed E-state index contributed by atoms with van der Waals surface area (Å²) in [6.45, 7) is 0. The first-order valence-electron chi connectivity index (χ1n) is 0.992. The summed E-state index contributed by atoms with van der Waals surface area (Å²) in [6, 6.07) is 0. The van der Waals surface area contributed by atoms with E-state index in [1.807, 2.05) is 0 Å². The molecule has 0 spiro atoms. The first-order valence-corrected chi connectivity index (χ1v) is 3.28. The van der Waals surface area contributed by atoms with E-state index in [1.165, 1.54) is 10.4 Å². The molecule has 0 saturated heterocycles. The van der Waals surface area contributed by atoms with Crippen molar-refractivity contribution < 1.29 is 3.74 Å². The summed E-state index contributed by atoms with van der Waals surface area (Å²) >= 11 is 4.10. The molecule has 0 N–H and O–H groups in total. The molecule has 0 radical (unpaired) electrons. The van der Waals surface area contributed by atoms with Gasteiger partial charge in [-0.2, -0.15) is 0 Å². The van der Waals surface area contributed by atoms with Crippen molar-refractivity contribution >= 4 is 27.3 Å². The Morgan fingerprint density at radius 1 is 1.80 bits per heavy atom. The third-order valence-electron chi connectivity index (χ3n) is 0.117. The van der Waals surface area contributed by atoms with Crippen LogP contribution in [0.5, 0.6) is 0 Å². The summed E-state index contributed by atoms with van der Waals surface area (Å²) in [6.07, 6.45) is 0. The van der Waals surface area contributed by atoms with Crippen LogP contribution < -0.4 is 0 Å². The van der Waals surface area contributed by atoms with Gasteiger partial charge in [0.1, 0.15) is 0 Å². The Balaban J connectivity index is 2.92. The monoisotopic (exact) mass is 152 g/mol. The van der Waals surface area contributed by atoms with Crippen molar-refractivity contribution in [3.05, 3.63) is 10.4 Å². The number of rotatable bonds is 1. The minimum atomic E-state index is -0.846. The summed E-state index contributed by atoms with van der Waals surface area (Å²) in [5, 5.41) is 0. The fraction of sp³-hybridized carbons (Fsp3) is 0. The zero-order valence-corrected chi connectivity index (χ0v) is 5.02. The van der Waals surface area contributed by atoms with E-state index in [1.54, 1.807) is 0 Å². The average Bonchev–Trinajstić information content (AvgIpc) is 1.41. The van der Waals surface area contributed by atoms with E-state index in [4.69, 9.17) is 11.6 Å². The maximum absolute atomic E-state index is 9.45. The Labute approximate surface area is 41.9 Å². The van der Waals surface area contributed by atoms with Crippen LogP contribution in [0.2, 0.25) is 0 Å². The first-order chi connectivity index (χ1) is 2.41. The average molecular weight is 152 g/mol. The van der Waals surface area contributed by atoms with E-state index in [0.717, 1.165) is 0 Å². The van der Waals surface area contributed by atoms with Crippen molar-refractivity contribution in [2.24, 2.45) is 0 Å². The van der Waals surface area contributed by atoms with Gasteiger partial charge in [0.05, 0.1) is 0 Å². The fourth-order valence-electron chi connectivity index (χ4n) is 0.0230. The predicted octanol–water partition coefficient (Wildman–Crippen LogP) is 0.746. The molecule has 5 heavy (non-hydrogen) atoms. The van der Waals surface area contributed by atoms with Crippen molar-refractivity contribution in [1.82, 2.24) is 0 Å². The zero-order valence-electron chi connectivity index (χ0n) is 2.39. The summed E-state index contributed by atoms with van der Waals surface area (Å²) in [5.74, 6) is 0. The minimum absolute atomic E-state index is 0.846. The van der Waals surface area contributed by atoms with E-state index in [2.05, 4.69) is 0 Å². The van der Waals surface area contributed by atoms with Gasteiger partial charge in [0.25, 0.3) is 0 Å². The standard InChI is InChI=1S/C2H2AsClO/c4-2-1-3-5/h1-2H. The molecule has 0 fully saturated rings. The van der Waals surface area contributed by atoms with Crippen LogP contribution in [0.4, 0.5) is 0 Å². The predicted molar refractivity (Wildman–Crippen MR) is 21.4 cm³/mol. The molecule has 0 unspecified atom stereocenters. The quantitative estimate of drug-likeness (QED) is 0.507. The van der Waals surface area contributed by atoms with Gasteiger partial charge in [-0.05, 0) is 0 Å². The molecule has 28 valence electrons. The summed E-state index contributed by atoms with van der Waals surface area (Å²) in [4.78, 5) is 1.43. The molecular weight excluding hydrogens is 150 g/mol. The van der Waals surface area contributed by atoms with Gasteiger partial charge in [-0.1, -0.05) is 0 Å². The molecule has 0 heterocycles. The second kappa shape index (κ2) is 4.39. The first kappa shape index (κ1) is 5.39. The van der Waals surface area contributed by atoms with Crippen LogP contribution in [-0.2, 0) is 3.74 Å². The second-order valence-corrected chi connectivity index (χ2v) is 1.70. The van der Waals surface area contributed by atoms with Gasteiger partial charge in [0.15, 0.2) is 0 Å². The summed E-state index contributed by atoms with van der Waals surface area (Å²) in [7, 11) is 0. The van der Waals surface area contributed by atoms with E-state index < -0.39 is 15.7 Å². The van der Waals surface area contributed by atoms with Crippen molar-refractivity contribution in [1.29, 1.82) is 0 Å². The van der Waals surface area contributed by atoms with E-state index in [9.17, 15) is 3.74 Å². The molecule has 0 aromatic heterocycles. The van der Waals surface area contributed by atoms with Gasteiger partial charge in [-0.3, -0.25) is 0 Å². The van der Waals surface area contributed by atoms with Crippen LogP contribution in [0.1, 0.15) is 0 Å². The van der Waals surface area contributed by atoms with Crippen LogP contribution in [0.15, 0.2) is 10.4 Å². The SMILES string of the molecule is O=[As]C=CCl.